The van der Waals surface area contributed by atoms with Crippen LogP contribution in [0.3, 0.4) is 0 Å². The van der Waals surface area contributed by atoms with Gasteiger partial charge in [-0.3, -0.25) is 0 Å². The van der Waals surface area contributed by atoms with Gasteiger partial charge in [-0.25, -0.2) is 0 Å². The fourth-order valence-corrected chi connectivity index (χ4v) is 3.57. The second-order valence-corrected chi connectivity index (χ2v) is 6.55. The monoisotopic (exact) mass is 266 g/mol. The largest absolute Gasteiger partial charge is 0.351 e. The molecule has 2 rings (SSSR count). The van der Waals surface area contributed by atoms with Crippen LogP contribution in [0.1, 0.15) is 33.3 Å². The van der Waals surface area contributed by atoms with Gasteiger partial charge < -0.3 is 4.90 Å². The maximum atomic E-state index is 12.0. The molecule has 0 saturated carbocycles. The van der Waals surface area contributed by atoms with Crippen molar-refractivity contribution in [1.29, 1.82) is 0 Å². The van der Waals surface area contributed by atoms with E-state index in [9.17, 15) is 8.42 Å². The number of benzene rings is 1. The average Bonchev–Trinajstić information content (AvgIpc) is 2.51. The van der Waals surface area contributed by atoms with Crippen molar-refractivity contribution < 1.29 is 8.42 Å². The summed E-state index contributed by atoms with van der Waals surface area (Å²) >= 11 is 0. The Morgan fingerprint density at radius 1 is 1.06 bits per heavy atom. The first-order valence-corrected chi connectivity index (χ1v) is 7.51. The molecular weight excluding hydrogens is 248 g/mol. The molecule has 0 atom stereocenters. The SMILES string of the molecule is CC(C)N(C1=NS(=O)(=O)c2ccccc21)C(C)C. The predicted molar refractivity (Wildman–Crippen MR) is 72.3 cm³/mol. The smallest absolute Gasteiger partial charge is 0.285 e. The van der Waals surface area contributed by atoms with Gasteiger partial charge in [-0.15, -0.1) is 4.40 Å². The van der Waals surface area contributed by atoms with Crippen LogP contribution in [0.15, 0.2) is 33.6 Å². The summed E-state index contributed by atoms with van der Waals surface area (Å²) in [5.74, 6) is 0.565. The molecular formula is C13H18N2O2S. The standard InChI is InChI=1S/C13H18N2O2S/c1-9(2)15(10(3)4)13-11-7-5-6-8-12(11)18(16,17)14-13/h5-10H,1-4H3. The lowest BCUT2D eigenvalue weighted by atomic mass is 10.1. The molecule has 1 aliphatic heterocycles. The topological polar surface area (TPSA) is 49.7 Å². The molecule has 1 aromatic carbocycles. The van der Waals surface area contributed by atoms with Gasteiger partial charge in [0.15, 0.2) is 5.84 Å². The Morgan fingerprint density at radius 3 is 2.17 bits per heavy atom. The van der Waals surface area contributed by atoms with Crippen LogP contribution >= 0.6 is 0 Å². The highest BCUT2D eigenvalue weighted by Crippen LogP contribution is 2.28. The Labute approximate surface area is 108 Å². The van der Waals surface area contributed by atoms with Crippen LogP contribution in [0.25, 0.3) is 0 Å². The van der Waals surface area contributed by atoms with Crippen LogP contribution in [0.4, 0.5) is 0 Å². The third-order valence-electron chi connectivity index (χ3n) is 2.97. The Hall–Kier alpha value is -1.36. The fraction of sp³-hybridized carbons (Fsp3) is 0.462. The van der Waals surface area contributed by atoms with Crippen LogP contribution in [0.5, 0.6) is 0 Å². The van der Waals surface area contributed by atoms with Gasteiger partial charge in [0, 0.05) is 17.6 Å². The predicted octanol–water partition coefficient (Wildman–Crippen LogP) is 2.25. The minimum absolute atomic E-state index is 0.199. The van der Waals surface area contributed by atoms with Crippen molar-refractivity contribution in [3.8, 4) is 0 Å². The average molecular weight is 266 g/mol. The lowest BCUT2D eigenvalue weighted by Gasteiger charge is -2.32. The van der Waals surface area contributed by atoms with Crippen LogP contribution in [0, 0.1) is 0 Å². The molecule has 1 aromatic rings. The fourth-order valence-electron chi connectivity index (χ4n) is 2.36. The molecule has 0 N–H and O–H groups in total. The summed E-state index contributed by atoms with van der Waals surface area (Å²) in [6.45, 7) is 8.15. The summed E-state index contributed by atoms with van der Waals surface area (Å²) < 4.78 is 27.9. The molecule has 98 valence electrons. The van der Waals surface area contributed by atoms with Crippen molar-refractivity contribution in [3.05, 3.63) is 29.8 Å². The Balaban J connectivity index is 2.60. The molecule has 1 aliphatic rings. The first-order valence-electron chi connectivity index (χ1n) is 6.07. The van der Waals surface area contributed by atoms with Gasteiger partial charge in [-0.05, 0) is 39.8 Å². The number of hydrogen-bond donors (Lipinski definition) is 0. The summed E-state index contributed by atoms with van der Waals surface area (Å²) in [6.07, 6.45) is 0. The maximum absolute atomic E-state index is 12.0. The van der Waals surface area contributed by atoms with Gasteiger partial charge in [-0.2, -0.15) is 8.42 Å². The van der Waals surface area contributed by atoms with E-state index in [1.54, 1.807) is 12.1 Å². The number of sulfonamides is 1. The minimum atomic E-state index is -3.52. The molecule has 1 heterocycles. The van der Waals surface area contributed by atoms with Crippen molar-refractivity contribution in [2.45, 2.75) is 44.7 Å². The third kappa shape index (κ3) is 2.03. The van der Waals surface area contributed by atoms with E-state index in [0.29, 0.717) is 16.3 Å². The minimum Gasteiger partial charge on any atom is -0.351 e. The zero-order valence-electron chi connectivity index (χ0n) is 11.1. The van der Waals surface area contributed by atoms with Gasteiger partial charge in [0.2, 0.25) is 0 Å². The molecule has 4 nitrogen and oxygen atoms in total. The van der Waals surface area contributed by atoms with Crippen LogP contribution < -0.4 is 0 Å². The normalized spacial score (nSPS) is 16.9. The van der Waals surface area contributed by atoms with E-state index in [-0.39, 0.29) is 12.1 Å². The van der Waals surface area contributed by atoms with Crippen LogP contribution in [0.2, 0.25) is 0 Å². The van der Waals surface area contributed by atoms with Gasteiger partial charge in [0.05, 0.1) is 0 Å². The highest BCUT2D eigenvalue weighted by molar-refractivity contribution is 7.90. The van der Waals surface area contributed by atoms with Crippen molar-refractivity contribution in [2.24, 2.45) is 4.40 Å². The van der Waals surface area contributed by atoms with E-state index in [4.69, 9.17) is 0 Å². The molecule has 0 unspecified atom stereocenters. The second kappa shape index (κ2) is 4.39. The van der Waals surface area contributed by atoms with Gasteiger partial charge in [0.25, 0.3) is 10.0 Å². The Bertz CT molecular complexity index is 581. The van der Waals surface area contributed by atoms with Crippen LogP contribution in [-0.4, -0.2) is 31.2 Å². The second-order valence-electron chi connectivity index (χ2n) is 4.98. The first kappa shape index (κ1) is 13.1. The number of rotatable bonds is 2. The molecule has 0 aliphatic carbocycles. The molecule has 0 aromatic heterocycles. The zero-order valence-corrected chi connectivity index (χ0v) is 11.9. The van der Waals surface area contributed by atoms with E-state index in [0.717, 1.165) is 0 Å². The number of fused-ring (bicyclic) bond motifs is 1. The first-order chi connectivity index (χ1) is 8.34. The van der Waals surface area contributed by atoms with Crippen LogP contribution in [-0.2, 0) is 10.0 Å². The summed E-state index contributed by atoms with van der Waals surface area (Å²) in [5.41, 5.74) is 0.708. The maximum Gasteiger partial charge on any atom is 0.285 e. The third-order valence-corrected chi connectivity index (χ3v) is 4.29. The molecule has 0 fully saturated rings. The lowest BCUT2D eigenvalue weighted by molar-refractivity contribution is 0.293. The lowest BCUT2D eigenvalue weighted by Crippen LogP contribution is -2.42. The Morgan fingerprint density at radius 2 is 1.61 bits per heavy atom. The van der Waals surface area contributed by atoms with E-state index in [1.165, 1.54) is 0 Å². The van der Waals surface area contributed by atoms with Crippen molar-refractivity contribution in [1.82, 2.24) is 4.90 Å². The zero-order chi connectivity index (χ0) is 13.5. The van der Waals surface area contributed by atoms with Crippen molar-refractivity contribution >= 4 is 15.9 Å². The van der Waals surface area contributed by atoms with E-state index >= 15 is 0 Å². The van der Waals surface area contributed by atoms with Crippen molar-refractivity contribution in [2.75, 3.05) is 0 Å². The molecule has 5 heteroatoms. The highest BCUT2D eigenvalue weighted by atomic mass is 32.2. The van der Waals surface area contributed by atoms with Crippen molar-refractivity contribution in [3.63, 3.8) is 0 Å². The van der Waals surface area contributed by atoms with Gasteiger partial charge >= 0.3 is 0 Å². The summed E-state index contributed by atoms with van der Waals surface area (Å²) in [7, 11) is -3.52. The van der Waals surface area contributed by atoms with Gasteiger partial charge in [0.1, 0.15) is 4.90 Å². The molecule has 0 bridgehead atoms. The number of amidine groups is 1. The summed E-state index contributed by atoms with van der Waals surface area (Å²) in [4.78, 5) is 2.34. The van der Waals surface area contributed by atoms with Gasteiger partial charge in [-0.1, -0.05) is 12.1 Å². The van der Waals surface area contributed by atoms with E-state index < -0.39 is 10.0 Å². The summed E-state index contributed by atoms with van der Waals surface area (Å²) in [6, 6.07) is 7.39. The molecule has 0 radical (unpaired) electrons. The summed E-state index contributed by atoms with van der Waals surface area (Å²) in [5, 5.41) is 0. The van der Waals surface area contributed by atoms with E-state index in [2.05, 4.69) is 4.40 Å². The molecule has 0 spiro atoms. The number of nitrogens with zero attached hydrogens (tertiary/aromatic N) is 2. The Kier molecular flexibility index (Phi) is 3.19. The molecule has 0 saturated heterocycles. The quantitative estimate of drug-likeness (QED) is 0.825. The van der Waals surface area contributed by atoms with E-state index in [1.807, 2.05) is 44.7 Å². The molecule has 0 amide bonds. The number of hydrogen-bond acceptors (Lipinski definition) is 3. The highest BCUT2D eigenvalue weighted by Gasteiger charge is 2.33. The molecule has 18 heavy (non-hydrogen) atoms.